The monoisotopic (exact) mass is 359 g/mol. The number of rotatable bonds is 8. The molecule has 3 atom stereocenters. The predicted octanol–water partition coefficient (Wildman–Crippen LogP) is 0.597. The van der Waals surface area contributed by atoms with Crippen LogP contribution in [0.1, 0.15) is 27.7 Å². The van der Waals surface area contributed by atoms with Gasteiger partial charge in [-0.15, -0.1) is 0 Å². The van der Waals surface area contributed by atoms with Crippen molar-refractivity contribution in [3.8, 4) is 0 Å². The van der Waals surface area contributed by atoms with Gasteiger partial charge in [0.15, 0.2) is 17.2 Å². The first-order valence-electron chi connectivity index (χ1n) is 6.96. The molecule has 0 aromatic carbocycles. The predicted molar refractivity (Wildman–Crippen MR) is 79.1 cm³/mol. The Morgan fingerprint density at radius 1 is 0.960 bits per heavy atom. The minimum Gasteiger partial charge on any atom is -0.503 e. The summed E-state index contributed by atoms with van der Waals surface area (Å²) in [5.74, 6) is -4.08. The highest BCUT2D eigenvalue weighted by atomic mass is 16.6. The van der Waals surface area contributed by atoms with Gasteiger partial charge in [0.05, 0.1) is 0 Å². The maximum atomic E-state index is 11.4. The van der Waals surface area contributed by atoms with Crippen molar-refractivity contribution in [3.05, 3.63) is 16.9 Å². The van der Waals surface area contributed by atoms with E-state index in [2.05, 4.69) is 4.98 Å². The highest BCUT2D eigenvalue weighted by Crippen LogP contribution is 2.20. The number of carbonyl (C=O) groups excluding carboxylic acids is 4. The molecule has 0 bridgehead atoms. The van der Waals surface area contributed by atoms with Crippen LogP contribution in [0.15, 0.2) is 12.0 Å². The van der Waals surface area contributed by atoms with E-state index in [1.54, 1.807) is 0 Å². The van der Waals surface area contributed by atoms with Gasteiger partial charge in [0.1, 0.15) is 6.61 Å². The van der Waals surface area contributed by atoms with Crippen LogP contribution >= 0.6 is 0 Å². The van der Waals surface area contributed by atoms with Gasteiger partial charge in [-0.05, 0) is 0 Å². The Labute approximate surface area is 143 Å². The molecule has 0 saturated heterocycles. The number of diazo groups is 1. The third-order valence-corrected chi connectivity index (χ3v) is 2.51. The quantitative estimate of drug-likeness (QED) is 0.282. The standard InChI is InChI=1S/C14H18N2O9/c1-7(17)22-6-12(23-8(2)18)14(25-10(4)20)13(24-9(3)19)11(21)5-16-15/h5,12-14H,6H2,1-4H3/p+1. The number of nitrogens with zero attached hydrogens (tertiary/aromatic N) is 2. The summed E-state index contributed by atoms with van der Waals surface area (Å²) in [5, 5.41) is 18.4. The molecule has 0 radical (unpaired) electrons. The van der Waals surface area contributed by atoms with Crippen LogP contribution in [0, 0.1) is 5.39 Å². The first kappa shape index (κ1) is 21.8. The van der Waals surface area contributed by atoms with Crippen LogP contribution in [0.3, 0.4) is 0 Å². The molecule has 138 valence electrons. The second-order valence-corrected chi connectivity index (χ2v) is 4.72. The second-order valence-electron chi connectivity index (χ2n) is 4.72. The normalized spacial score (nSPS) is 14.3. The molecular weight excluding hydrogens is 340 g/mol. The lowest BCUT2D eigenvalue weighted by atomic mass is 10.1. The molecule has 25 heavy (non-hydrogen) atoms. The van der Waals surface area contributed by atoms with E-state index < -0.39 is 54.6 Å². The smallest absolute Gasteiger partial charge is 0.391 e. The molecule has 0 fully saturated rings. The van der Waals surface area contributed by atoms with Gasteiger partial charge in [-0.3, -0.25) is 19.2 Å². The van der Waals surface area contributed by atoms with Gasteiger partial charge < -0.3 is 24.1 Å². The van der Waals surface area contributed by atoms with E-state index in [0.29, 0.717) is 6.20 Å². The molecule has 0 spiro atoms. The van der Waals surface area contributed by atoms with Gasteiger partial charge in [0, 0.05) is 27.7 Å². The van der Waals surface area contributed by atoms with Crippen molar-refractivity contribution in [2.75, 3.05) is 6.61 Å². The summed E-state index contributed by atoms with van der Waals surface area (Å²) in [6.45, 7) is 3.62. The summed E-state index contributed by atoms with van der Waals surface area (Å²) >= 11 is 0. The zero-order valence-electron chi connectivity index (χ0n) is 14.1. The fraction of sp³-hybridized carbons (Fsp3) is 0.571. The van der Waals surface area contributed by atoms with Crippen molar-refractivity contribution in [2.24, 2.45) is 0 Å². The molecule has 11 nitrogen and oxygen atoms in total. The number of hydrogen-bond donors (Lipinski definition) is 1. The van der Waals surface area contributed by atoms with Crippen molar-refractivity contribution in [3.63, 3.8) is 0 Å². The minimum absolute atomic E-state index is 0.529. The maximum absolute atomic E-state index is 11.4. The number of ether oxygens (including phenoxy) is 4. The molecule has 0 saturated carbocycles. The number of esters is 4. The maximum Gasteiger partial charge on any atom is 0.391 e. The van der Waals surface area contributed by atoms with Crippen molar-refractivity contribution in [1.82, 2.24) is 0 Å². The third-order valence-electron chi connectivity index (χ3n) is 2.51. The van der Waals surface area contributed by atoms with Crippen molar-refractivity contribution < 1.29 is 43.2 Å². The molecule has 0 aromatic heterocycles. The highest BCUT2D eigenvalue weighted by Gasteiger charge is 2.41. The van der Waals surface area contributed by atoms with E-state index in [1.165, 1.54) is 0 Å². The van der Waals surface area contributed by atoms with Crippen LogP contribution < -0.4 is 0 Å². The largest absolute Gasteiger partial charge is 0.503 e. The topological polar surface area (TPSA) is 154 Å². The van der Waals surface area contributed by atoms with Gasteiger partial charge in [0.25, 0.3) is 0 Å². The lowest BCUT2D eigenvalue weighted by Crippen LogP contribution is -2.48. The second kappa shape index (κ2) is 10.6. The summed E-state index contributed by atoms with van der Waals surface area (Å²) in [6, 6.07) is 0. The summed E-state index contributed by atoms with van der Waals surface area (Å²) < 4.78 is 19.5. The molecule has 0 aliphatic carbocycles. The zero-order chi connectivity index (χ0) is 19.6. The summed E-state index contributed by atoms with van der Waals surface area (Å²) in [5.41, 5.74) is 0. The van der Waals surface area contributed by atoms with Crippen LogP contribution in [0.2, 0.25) is 0 Å². The molecule has 0 rings (SSSR count). The van der Waals surface area contributed by atoms with E-state index in [0.717, 1.165) is 27.7 Å². The Balaban J connectivity index is 5.87. The molecular formula is C14H19N2O9+. The van der Waals surface area contributed by atoms with Gasteiger partial charge >= 0.3 is 30.1 Å². The Morgan fingerprint density at radius 2 is 1.48 bits per heavy atom. The van der Waals surface area contributed by atoms with E-state index in [9.17, 15) is 24.3 Å². The van der Waals surface area contributed by atoms with Crippen LogP contribution in [-0.4, -0.2) is 53.9 Å². The van der Waals surface area contributed by atoms with E-state index >= 15 is 0 Å². The van der Waals surface area contributed by atoms with Crippen molar-refractivity contribution in [2.45, 2.75) is 46.0 Å². The molecule has 0 aromatic rings. The molecule has 1 N–H and O–H groups in total. The summed E-state index contributed by atoms with van der Waals surface area (Å²) in [4.78, 5) is 47.5. The zero-order valence-corrected chi connectivity index (χ0v) is 14.1. The van der Waals surface area contributed by atoms with Gasteiger partial charge in [0.2, 0.25) is 17.3 Å². The highest BCUT2D eigenvalue weighted by molar-refractivity contribution is 5.69. The first-order valence-corrected chi connectivity index (χ1v) is 6.96. The van der Waals surface area contributed by atoms with Crippen LogP contribution in [0.5, 0.6) is 0 Å². The summed E-state index contributed by atoms with van der Waals surface area (Å²) in [6.07, 6.45) is -4.15. The molecule has 0 aliphatic heterocycles. The fourth-order valence-electron chi connectivity index (χ4n) is 1.74. The SMILES string of the molecule is CC(=O)OCC(OC(C)=O)C(OC(C)=O)C(OC(C)=O)C(O)=C[N+]#N. The van der Waals surface area contributed by atoms with Gasteiger partial charge in [-0.25, -0.2) is 0 Å². The molecule has 0 amide bonds. The fourth-order valence-corrected chi connectivity index (χ4v) is 1.74. The Morgan fingerprint density at radius 3 is 1.88 bits per heavy atom. The number of carbonyl (C=O) groups is 4. The number of aliphatic hydroxyl groups excluding tert-OH is 1. The lowest BCUT2D eigenvalue weighted by molar-refractivity contribution is -0.188. The van der Waals surface area contributed by atoms with Crippen LogP contribution in [-0.2, 0) is 38.1 Å². The Bertz CT molecular complexity index is 594. The van der Waals surface area contributed by atoms with E-state index in [1.807, 2.05) is 0 Å². The van der Waals surface area contributed by atoms with E-state index in [4.69, 9.17) is 24.3 Å². The number of hydrogen-bond acceptors (Lipinski definition) is 10. The lowest BCUT2D eigenvalue weighted by Gasteiger charge is -2.30. The first-order chi connectivity index (χ1) is 11.6. The molecule has 11 heteroatoms. The number of aliphatic hydroxyl groups is 1. The van der Waals surface area contributed by atoms with Gasteiger partial charge in [-0.1, -0.05) is 0 Å². The Kier molecular flexibility index (Phi) is 9.25. The Hall–Kier alpha value is -3.16. The summed E-state index contributed by atoms with van der Waals surface area (Å²) in [7, 11) is 0. The average molecular weight is 359 g/mol. The molecule has 0 heterocycles. The third kappa shape index (κ3) is 8.89. The van der Waals surface area contributed by atoms with Crippen LogP contribution in [0.4, 0.5) is 0 Å². The molecule has 3 unspecified atom stereocenters. The van der Waals surface area contributed by atoms with Crippen molar-refractivity contribution >= 4 is 23.9 Å². The average Bonchev–Trinajstić information content (AvgIpc) is 2.46. The van der Waals surface area contributed by atoms with Crippen LogP contribution in [0.25, 0.3) is 4.98 Å². The molecule has 0 aliphatic rings. The minimum atomic E-state index is -1.68. The van der Waals surface area contributed by atoms with Crippen molar-refractivity contribution in [1.29, 1.82) is 5.39 Å². The van der Waals surface area contributed by atoms with Gasteiger partial charge in [-0.2, -0.15) is 0 Å². The van der Waals surface area contributed by atoms with E-state index in [-0.39, 0.29) is 0 Å².